The van der Waals surface area contributed by atoms with Crippen molar-refractivity contribution in [3.05, 3.63) is 65.3 Å². The van der Waals surface area contributed by atoms with E-state index in [-0.39, 0.29) is 5.91 Å². The van der Waals surface area contributed by atoms with Crippen molar-refractivity contribution >= 4 is 27.3 Å². The van der Waals surface area contributed by atoms with Crippen molar-refractivity contribution < 1.29 is 4.79 Å². The van der Waals surface area contributed by atoms with Crippen LogP contribution in [-0.2, 0) is 6.54 Å². The number of carbonyl (C=O) groups excluding carboxylic acids is 1. The first-order valence-corrected chi connectivity index (χ1v) is 9.55. The maximum absolute atomic E-state index is 12.9. The Bertz CT molecular complexity index is 862. The van der Waals surface area contributed by atoms with E-state index in [0.29, 0.717) is 0 Å². The van der Waals surface area contributed by atoms with Crippen molar-refractivity contribution in [3.8, 4) is 0 Å². The summed E-state index contributed by atoms with van der Waals surface area (Å²) in [6.45, 7) is 4.47. The van der Waals surface area contributed by atoms with Crippen LogP contribution in [0.4, 0.5) is 0 Å². The zero-order valence-corrected chi connectivity index (χ0v) is 14.9. The zero-order chi connectivity index (χ0) is 17.1. The molecule has 1 aromatic carbocycles. The van der Waals surface area contributed by atoms with E-state index in [1.54, 1.807) is 11.3 Å². The fourth-order valence-electron chi connectivity index (χ4n) is 3.36. The molecule has 0 radical (unpaired) electrons. The molecule has 1 aliphatic heterocycles. The van der Waals surface area contributed by atoms with E-state index < -0.39 is 0 Å². The number of rotatable bonds is 3. The average Bonchev–Trinajstić information content (AvgIpc) is 3.00. The molecule has 1 amide bonds. The van der Waals surface area contributed by atoms with E-state index in [1.807, 2.05) is 29.4 Å². The second-order valence-electron chi connectivity index (χ2n) is 6.45. The molecule has 0 N–H and O–H groups in total. The number of pyridine rings is 1. The summed E-state index contributed by atoms with van der Waals surface area (Å²) in [5.74, 6) is 0.152. The summed E-state index contributed by atoms with van der Waals surface area (Å²) in [4.78, 5) is 21.4. The molecule has 0 atom stereocenters. The largest absolute Gasteiger partial charge is 0.337 e. The van der Waals surface area contributed by atoms with Crippen molar-refractivity contribution in [1.29, 1.82) is 0 Å². The van der Waals surface area contributed by atoms with Gasteiger partial charge in [0.15, 0.2) is 0 Å². The van der Waals surface area contributed by atoms with E-state index in [9.17, 15) is 4.79 Å². The van der Waals surface area contributed by atoms with Gasteiger partial charge in [-0.15, -0.1) is 11.3 Å². The van der Waals surface area contributed by atoms with Gasteiger partial charge in [-0.3, -0.25) is 14.7 Å². The van der Waals surface area contributed by atoms with Gasteiger partial charge in [0.2, 0.25) is 0 Å². The summed E-state index contributed by atoms with van der Waals surface area (Å²) >= 11 is 1.71. The quantitative estimate of drug-likeness (QED) is 0.723. The van der Waals surface area contributed by atoms with Crippen LogP contribution in [0.2, 0.25) is 0 Å². The standard InChI is InChI=1S/C20H21N3OS/c24-20(18-2-3-19-17(14-18)6-13-25-19)23-10-1-9-22(11-12-23)15-16-4-7-21-8-5-16/h2-8,13-14H,1,9-12,15H2. The highest BCUT2D eigenvalue weighted by Gasteiger charge is 2.20. The maximum Gasteiger partial charge on any atom is 0.253 e. The molecule has 3 aromatic rings. The molecule has 2 aromatic heterocycles. The van der Waals surface area contributed by atoms with E-state index >= 15 is 0 Å². The molecular weight excluding hydrogens is 330 g/mol. The summed E-state index contributed by atoms with van der Waals surface area (Å²) in [6, 6.07) is 12.2. The minimum absolute atomic E-state index is 0.152. The van der Waals surface area contributed by atoms with E-state index in [1.165, 1.54) is 10.3 Å². The fraction of sp³-hybridized carbons (Fsp3) is 0.300. The molecule has 4 nitrogen and oxygen atoms in total. The summed E-state index contributed by atoms with van der Waals surface area (Å²) < 4.78 is 1.23. The summed E-state index contributed by atoms with van der Waals surface area (Å²) in [6.07, 6.45) is 4.69. The third-order valence-corrected chi connectivity index (χ3v) is 5.63. The first kappa shape index (κ1) is 16.2. The highest BCUT2D eigenvalue weighted by molar-refractivity contribution is 7.17. The number of thiophene rings is 1. The lowest BCUT2D eigenvalue weighted by molar-refractivity contribution is 0.0761. The first-order valence-electron chi connectivity index (χ1n) is 8.67. The summed E-state index contributed by atoms with van der Waals surface area (Å²) in [5, 5.41) is 3.23. The Morgan fingerprint density at radius 3 is 2.80 bits per heavy atom. The van der Waals surface area contributed by atoms with Crippen molar-refractivity contribution in [2.24, 2.45) is 0 Å². The molecule has 0 bridgehead atoms. The van der Waals surface area contributed by atoms with Crippen LogP contribution in [-0.4, -0.2) is 46.9 Å². The number of hydrogen-bond donors (Lipinski definition) is 0. The Morgan fingerprint density at radius 2 is 1.92 bits per heavy atom. The van der Waals surface area contributed by atoms with Gasteiger partial charge in [0, 0.05) is 55.4 Å². The van der Waals surface area contributed by atoms with E-state index in [2.05, 4.69) is 39.5 Å². The normalized spacial score (nSPS) is 16.1. The van der Waals surface area contributed by atoms with Crippen LogP contribution in [0.25, 0.3) is 10.1 Å². The minimum atomic E-state index is 0.152. The highest BCUT2D eigenvalue weighted by Crippen LogP contribution is 2.22. The Balaban J connectivity index is 1.42. The van der Waals surface area contributed by atoms with Gasteiger partial charge in [0.05, 0.1) is 0 Å². The molecule has 5 heteroatoms. The SMILES string of the molecule is O=C(c1ccc2sccc2c1)N1CCCN(Cc2ccncc2)CC1. The van der Waals surface area contributed by atoms with Crippen LogP contribution in [0.15, 0.2) is 54.2 Å². The molecule has 0 spiro atoms. The zero-order valence-electron chi connectivity index (χ0n) is 14.1. The molecule has 4 rings (SSSR count). The predicted octanol–water partition coefficient (Wildman–Crippen LogP) is 3.64. The monoisotopic (exact) mass is 351 g/mol. The lowest BCUT2D eigenvalue weighted by Gasteiger charge is -2.22. The van der Waals surface area contributed by atoms with Gasteiger partial charge in [-0.05, 0) is 59.1 Å². The third kappa shape index (κ3) is 3.72. The van der Waals surface area contributed by atoms with Crippen LogP contribution >= 0.6 is 11.3 Å². The van der Waals surface area contributed by atoms with Crippen LogP contribution in [0, 0.1) is 0 Å². The van der Waals surface area contributed by atoms with Crippen LogP contribution < -0.4 is 0 Å². The number of hydrogen-bond acceptors (Lipinski definition) is 4. The van der Waals surface area contributed by atoms with Crippen molar-refractivity contribution in [2.45, 2.75) is 13.0 Å². The van der Waals surface area contributed by atoms with Gasteiger partial charge in [-0.1, -0.05) is 0 Å². The lowest BCUT2D eigenvalue weighted by atomic mass is 10.1. The number of nitrogens with zero attached hydrogens (tertiary/aromatic N) is 3. The molecular formula is C20H21N3OS. The average molecular weight is 351 g/mol. The summed E-state index contributed by atoms with van der Waals surface area (Å²) in [7, 11) is 0. The summed E-state index contributed by atoms with van der Waals surface area (Å²) in [5.41, 5.74) is 2.08. The molecule has 1 saturated heterocycles. The Hall–Kier alpha value is -2.24. The van der Waals surface area contributed by atoms with Gasteiger partial charge < -0.3 is 4.90 Å². The third-order valence-electron chi connectivity index (χ3n) is 4.73. The van der Waals surface area contributed by atoms with Gasteiger partial charge in [-0.25, -0.2) is 0 Å². The van der Waals surface area contributed by atoms with Crippen LogP contribution in [0.3, 0.4) is 0 Å². The number of carbonyl (C=O) groups is 1. The first-order chi connectivity index (χ1) is 12.3. The molecule has 128 valence electrons. The van der Waals surface area contributed by atoms with Crippen molar-refractivity contribution in [2.75, 3.05) is 26.2 Å². The maximum atomic E-state index is 12.9. The molecule has 0 unspecified atom stereocenters. The molecule has 0 aliphatic carbocycles. The fourth-order valence-corrected chi connectivity index (χ4v) is 4.13. The highest BCUT2D eigenvalue weighted by atomic mass is 32.1. The number of fused-ring (bicyclic) bond motifs is 1. The van der Waals surface area contributed by atoms with Crippen LogP contribution in [0.5, 0.6) is 0 Å². The van der Waals surface area contributed by atoms with E-state index in [4.69, 9.17) is 0 Å². The number of benzene rings is 1. The second kappa shape index (κ2) is 7.33. The van der Waals surface area contributed by atoms with Crippen molar-refractivity contribution in [3.63, 3.8) is 0 Å². The van der Waals surface area contributed by atoms with Gasteiger partial charge in [0.1, 0.15) is 0 Å². The Morgan fingerprint density at radius 1 is 1.04 bits per heavy atom. The lowest BCUT2D eigenvalue weighted by Crippen LogP contribution is -2.35. The number of amides is 1. The molecule has 1 fully saturated rings. The van der Waals surface area contributed by atoms with Crippen LogP contribution in [0.1, 0.15) is 22.3 Å². The van der Waals surface area contributed by atoms with E-state index in [0.717, 1.165) is 50.1 Å². The molecule has 3 heterocycles. The van der Waals surface area contributed by atoms with Gasteiger partial charge in [0.25, 0.3) is 5.91 Å². The molecule has 1 aliphatic rings. The Kier molecular flexibility index (Phi) is 4.76. The molecule has 25 heavy (non-hydrogen) atoms. The predicted molar refractivity (Wildman–Crippen MR) is 102 cm³/mol. The number of aromatic nitrogens is 1. The van der Waals surface area contributed by atoms with Crippen molar-refractivity contribution in [1.82, 2.24) is 14.8 Å². The topological polar surface area (TPSA) is 36.4 Å². The Labute approximate surface area is 151 Å². The van der Waals surface area contributed by atoms with Gasteiger partial charge in [-0.2, -0.15) is 0 Å². The smallest absolute Gasteiger partial charge is 0.253 e. The van der Waals surface area contributed by atoms with Gasteiger partial charge >= 0.3 is 0 Å². The molecule has 0 saturated carbocycles. The minimum Gasteiger partial charge on any atom is -0.337 e. The second-order valence-corrected chi connectivity index (χ2v) is 7.40.